The third kappa shape index (κ3) is 4.84. The first kappa shape index (κ1) is 27.7. The molecule has 40 heavy (non-hydrogen) atoms. The summed E-state index contributed by atoms with van der Waals surface area (Å²) in [5, 5.41) is 6.72. The minimum Gasteiger partial charge on any atom is -0.469 e. The van der Waals surface area contributed by atoms with E-state index in [1.54, 1.807) is 6.92 Å². The van der Waals surface area contributed by atoms with E-state index in [0.29, 0.717) is 0 Å². The van der Waals surface area contributed by atoms with E-state index in [-0.39, 0.29) is 39.0 Å². The van der Waals surface area contributed by atoms with Gasteiger partial charge in [-0.05, 0) is 6.07 Å². The Morgan fingerprint density at radius 3 is 2.55 bits per heavy atom. The second-order valence-corrected chi connectivity index (χ2v) is 10.5. The van der Waals surface area contributed by atoms with Gasteiger partial charge in [-0.2, -0.15) is 27.1 Å². The van der Waals surface area contributed by atoms with Crippen LogP contribution in [-0.4, -0.2) is 75.5 Å². The number of nitrogens with one attached hydrogen (secondary N) is 1. The molecule has 0 radical (unpaired) electrons. The fourth-order valence-corrected chi connectivity index (χ4v) is 4.91. The summed E-state index contributed by atoms with van der Waals surface area (Å²) in [5.74, 6) is -9.23. The summed E-state index contributed by atoms with van der Waals surface area (Å²) in [7, 11) is -1.75. The molecule has 214 valence electrons. The molecular formula is C22H18F7N7O3S. The monoisotopic (exact) mass is 593 g/mol. The van der Waals surface area contributed by atoms with Crippen LogP contribution in [0.4, 0.5) is 30.7 Å². The quantitative estimate of drug-likeness (QED) is 0.310. The van der Waals surface area contributed by atoms with Crippen LogP contribution in [0.5, 0.6) is 5.88 Å². The number of ether oxygens (including phenoxy) is 1. The molecule has 0 saturated heterocycles. The second-order valence-electron chi connectivity index (χ2n) is 8.87. The fraction of sp³-hybridized carbons (Fsp3) is 0.409. The van der Waals surface area contributed by atoms with Gasteiger partial charge in [-0.1, -0.05) is 6.92 Å². The summed E-state index contributed by atoms with van der Waals surface area (Å²) in [6.45, 7) is -0.430. The number of fused-ring (bicyclic) bond motifs is 2. The van der Waals surface area contributed by atoms with Gasteiger partial charge < -0.3 is 10.1 Å². The summed E-state index contributed by atoms with van der Waals surface area (Å²) >= 11 is 0. The molecule has 0 bridgehead atoms. The third-order valence-electron chi connectivity index (χ3n) is 6.07. The van der Waals surface area contributed by atoms with Gasteiger partial charge in [0.05, 0.1) is 22.6 Å². The van der Waals surface area contributed by atoms with Crippen LogP contribution in [-0.2, 0) is 10.8 Å². The van der Waals surface area contributed by atoms with E-state index in [0.717, 1.165) is 16.9 Å². The highest BCUT2D eigenvalue weighted by Gasteiger charge is 2.58. The maximum atomic E-state index is 13.4. The molecule has 1 unspecified atom stereocenters. The number of carbonyl (C=O) groups is 1. The van der Waals surface area contributed by atoms with Gasteiger partial charge in [-0.25, -0.2) is 28.2 Å². The van der Waals surface area contributed by atoms with Crippen LogP contribution in [0, 0.1) is 0 Å². The Hall–Kier alpha value is -3.83. The van der Waals surface area contributed by atoms with Crippen molar-refractivity contribution in [3.05, 3.63) is 36.5 Å². The highest BCUT2D eigenvalue weighted by atomic mass is 32.2. The second kappa shape index (κ2) is 9.67. The van der Waals surface area contributed by atoms with Gasteiger partial charge in [0.25, 0.3) is 11.8 Å². The zero-order valence-electron chi connectivity index (χ0n) is 20.3. The van der Waals surface area contributed by atoms with E-state index in [1.165, 1.54) is 22.9 Å². The summed E-state index contributed by atoms with van der Waals surface area (Å²) in [6, 6.07) is 0.534. The van der Waals surface area contributed by atoms with Gasteiger partial charge in [-0.15, -0.1) is 0 Å². The normalized spacial score (nSPS) is 16.7. The minimum atomic E-state index is -5.84. The number of amides is 1. The largest absolute Gasteiger partial charge is 0.469 e. The molecule has 1 N–H and O–H groups in total. The van der Waals surface area contributed by atoms with Crippen molar-refractivity contribution in [1.29, 1.82) is 0 Å². The van der Waals surface area contributed by atoms with E-state index in [9.17, 15) is 39.7 Å². The van der Waals surface area contributed by atoms with Crippen molar-refractivity contribution in [2.24, 2.45) is 0 Å². The van der Waals surface area contributed by atoms with Crippen LogP contribution in [0.2, 0.25) is 0 Å². The van der Waals surface area contributed by atoms with Crippen molar-refractivity contribution in [2.75, 3.05) is 12.4 Å². The van der Waals surface area contributed by atoms with E-state index in [1.807, 2.05) is 0 Å². The Morgan fingerprint density at radius 1 is 1.18 bits per heavy atom. The molecule has 10 nitrogen and oxygen atoms in total. The van der Waals surface area contributed by atoms with Crippen molar-refractivity contribution in [1.82, 2.24) is 34.3 Å². The van der Waals surface area contributed by atoms with Crippen LogP contribution in [0.3, 0.4) is 0 Å². The molecule has 1 fully saturated rings. The predicted molar refractivity (Wildman–Crippen MR) is 124 cm³/mol. The lowest BCUT2D eigenvalue weighted by atomic mass is 9.88. The van der Waals surface area contributed by atoms with Crippen molar-refractivity contribution in [3.8, 4) is 17.3 Å². The first-order chi connectivity index (χ1) is 18.7. The maximum absolute atomic E-state index is 13.4. The van der Waals surface area contributed by atoms with E-state index in [2.05, 4.69) is 25.4 Å². The Morgan fingerprint density at radius 2 is 1.90 bits per heavy atom. The average molecular weight is 593 g/mol. The number of rotatable bonds is 8. The predicted octanol–water partition coefficient (Wildman–Crippen LogP) is 3.67. The van der Waals surface area contributed by atoms with E-state index in [4.69, 9.17) is 4.74 Å². The van der Waals surface area contributed by atoms with Gasteiger partial charge in [0.2, 0.25) is 5.88 Å². The highest BCUT2D eigenvalue weighted by molar-refractivity contribution is 7.85. The van der Waals surface area contributed by atoms with Crippen LogP contribution in [0.25, 0.3) is 22.6 Å². The Balaban J connectivity index is 1.57. The molecular weight excluding hydrogens is 575 g/mol. The van der Waals surface area contributed by atoms with Gasteiger partial charge in [-0.3, -0.25) is 13.4 Å². The number of nitrogens with zero attached hydrogens (tertiary/aromatic N) is 6. The molecule has 5 rings (SSSR count). The molecule has 4 aromatic heterocycles. The van der Waals surface area contributed by atoms with Crippen LogP contribution < -0.4 is 10.1 Å². The smallest absolute Gasteiger partial charge is 0.456 e. The van der Waals surface area contributed by atoms with Crippen LogP contribution >= 0.6 is 0 Å². The van der Waals surface area contributed by atoms with Crippen LogP contribution in [0.1, 0.15) is 30.3 Å². The fourth-order valence-electron chi connectivity index (χ4n) is 4.05. The van der Waals surface area contributed by atoms with Gasteiger partial charge in [0.1, 0.15) is 11.2 Å². The van der Waals surface area contributed by atoms with Crippen molar-refractivity contribution < 1.29 is 44.5 Å². The Labute approximate surface area is 222 Å². The molecule has 0 spiro atoms. The zero-order valence-corrected chi connectivity index (χ0v) is 21.1. The molecule has 1 aliphatic rings. The SMILES string of the molecule is CCS(=O)c1nn2c(C(=O)NC3CC(F)(F)C3)ccnc2c1-c1ncc2c(OCC(F)(F)C(F)(F)F)nccn12. The van der Waals surface area contributed by atoms with E-state index < -0.39 is 66.1 Å². The molecule has 1 atom stereocenters. The lowest BCUT2D eigenvalue weighted by Gasteiger charge is -2.35. The van der Waals surface area contributed by atoms with Gasteiger partial charge >= 0.3 is 12.1 Å². The number of imidazole rings is 1. The Bertz CT molecular complexity index is 1630. The van der Waals surface area contributed by atoms with Crippen molar-refractivity contribution >= 4 is 27.9 Å². The highest BCUT2D eigenvalue weighted by Crippen LogP contribution is 2.38. The topological polar surface area (TPSA) is 116 Å². The number of carbonyl (C=O) groups excluding carboxylic acids is 1. The standard InChI is InChI=1S/C22H18F7N7O3S/c1-2-40(38)19-14(16-30-4-3-12(36(16)34-19)17(37)33-11-7-20(23,24)8-11)15-32-9-13-18(31-5-6-35(13)15)39-10-21(25,26)22(27,28)29/h3-6,9,11H,2,7-8,10H2,1H3,(H,33,37). The third-order valence-corrected chi connectivity index (χ3v) is 7.32. The number of halogens is 7. The van der Waals surface area contributed by atoms with Crippen LogP contribution in [0.15, 0.2) is 35.9 Å². The molecule has 0 aromatic carbocycles. The summed E-state index contributed by atoms with van der Waals surface area (Å²) in [6.07, 6.45) is -2.15. The van der Waals surface area contributed by atoms with Gasteiger partial charge in [0, 0.05) is 43.2 Å². The zero-order chi connectivity index (χ0) is 29.0. The maximum Gasteiger partial charge on any atom is 0.456 e. The summed E-state index contributed by atoms with van der Waals surface area (Å²) < 4.78 is 111. The number of aromatic nitrogens is 6. The molecule has 18 heteroatoms. The summed E-state index contributed by atoms with van der Waals surface area (Å²) in [5.41, 5.74) is -0.119. The van der Waals surface area contributed by atoms with E-state index >= 15 is 0 Å². The molecule has 0 aliphatic heterocycles. The first-order valence-electron chi connectivity index (χ1n) is 11.6. The first-order valence-corrected chi connectivity index (χ1v) is 12.9. The van der Waals surface area contributed by atoms with Crippen molar-refractivity contribution in [3.63, 3.8) is 0 Å². The molecule has 4 heterocycles. The lowest BCUT2D eigenvalue weighted by Crippen LogP contribution is -2.50. The molecule has 4 aromatic rings. The molecule has 1 amide bonds. The van der Waals surface area contributed by atoms with Gasteiger partial charge in [0.15, 0.2) is 23.1 Å². The number of alkyl halides is 7. The number of hydrogen-bond acceptors (Lipinski definition) is 7. The average Bonchev–Trinajstić information content (AvgIpc) is 3.46. The summed E-state index contributed by atoms with van der Waals surface area (Å²) in [4.78, 5) is 25.0. The lowest BCUT2D eigenvalue weighted by molar-refractivity contribution is -0.290. The van der Waals surface area contributed by atoms with Crippen molar-refractivity contribution in [2.45, 2.75) is 48.9 Å². The minimum absolute atomic E-state index is 0.000301. The molecule has 1 saturated carbocycles. The molecule has 1 aliphatic carbocycles. The number of hydrogen-bond donors (Lipinski definition) is 1. The Kier molecular flexibility index (Phi) is 6.70.